The maximum absolute atomic E-state index is 11.1. The molecule has 0 fully saturated rings. The van der Waals surface area contributed by atoms with Crippen LogP contribution in [-0.4, -0.2) is 11.9 Å². The fourth-order valence-corrected chi connectivity index (χ4v) is 0.733. The molecule has 0 unspecified atom stereocenters. The van der Waals surface area contributed by atoms with E-state index in [2.05, 4.69) is 10.5 Å². The third-order valence-electron chi connectivity index (χ3n) is 1.25. The van der Waals surface area contributed by atoms with Crippen LogP contribution in [0, 0.1) is 5.41 Å². The van der Waals surface area contributed by atoms with Crippen molar-refractivity contribution in [3.63, 3.8) is 0 Å². The quantitative estimate of drug-likeness (QED) is 0.494. The van der Waals surface area contributed by atoms with Crippen molar-refractivity contribution in [1.82, 2.24) is 5.43 Å². The summed E-state index contributed by atoms with van der Waals surface area (Å²) in [5, 5.41) is 9.59. The third kappa shape index (κ3) is 2.04. The van der Waals surface area contributed by atoms with Crippen LogP contribution in [-0.2, 0) is 0 Å². The van der Waals surface area contributed by atoms with Crippen LogP contribution in [0.4, 0.5) is 0 Å². The maximum Gasteiger partial charge on any atom is 0.271 e. The summed E-state index contributed by atoms with van der Waals surface area (Å²) in [6, 6.07) is 10.4. The van der Waals surface area contributed by atoms with Crippen molar-refractivity contribution in [3.05, 3.63) is 35.9 Å². The molecule has 60 valence electrons. The smallest absolute Gasteiger partial charge is 0.267 e. The molecule has 0 aliphatic rings. The number of carbonyl (C=O) groups excluding carboxylic acids is 1. The second-order valence-corrected chi connectivity index (χ2v) is 2.03. The first-order chi connectivity index (χ1) is 5.84. The first-order valence-corrected chi connectivity index (χ1v) is 3.31. The largest absolute Gasteiger partial charge is 0.271 e. The molecular weight excluding hydrogens is 154 g/mol. The number of nitrogens with zero attached hydrogens (tertiary/aromatic N) is 1. The second-order valence-electron chi connectivity index (χ2n) is 2.03. The molecule has 4 heteroatoms. The number of rotatable bonds is 2. The molecule has 0 spiro atoms. The van der Waals surface area contributed by atoms with Gasteiger partial charge in [-0.15, -0.1) is 5.10 Å². The molecule has 0 atom stereocenters. The molecule has 0 heterocycles. The summed E-state index contributed by atoms with van der Waals surface area (Å²) in [4.78, 5) is 11.1. The Morgan fingerprint density at radius 3 is 2.67 bits per heavy atom. The number of hydrogen-bond acceptors (Lipinski definition) is 3. The number of carbonyl (C=O) groups is 1. The Balaban J connectivity index is 2.72. The lowest BCUT2D eigenvalue weighted by Gasteiger charge is -1.95. The predicted molar refractivity (Wildman–Crippen MR) is 44.1 cm³/mol. The van der Waals surface area contributed by atoms with Gasteiger partial charge < -0.3 is 0 Å². The van der Waals surface area contributed by atoms with Crippen molar-refractivity contribution in [3.8, 4) is 0 Å². The second kappa shape index (κ2) is 4.05. The normalized spacial score (nSPS) is 8.33. The monoisotopic (exact) mass is 161 g/mol. The van der Waals surface area contributed by atoms with E-state index in [9.17, 15) is 4.79 Å². The summed E-state index contributed by atoms with van der Waals surface area (Å²) >= 11 is 0. The number of hydrazone groups is 1. The number of benzene rings is 1. The van der Waals surface area contributed by atoms with E-state index >= 15 is 0 Å². The summed E-state index contributed by atoms with van der Waals surface area (Å²) < 4.78 is 0. The standard InChI is InChI=1S/C8H7N3O/c9-6-10-11-8(12)7-4-2-1-3-5-7/h1-5,9H,(H,11,12). The van der Waals surface area contributed by atoms with Crippen molar-refractivity contribution in [2.75, 3.05) is 0 Å². The highest BCUT2D eigenvalue weighted by atomic mass is 16.2. The summed E-state index contributed by atoms with van der Waals surface area (Å²) in [6.07, 6.45) is 0. The van der Waals surface area contributed by atoms with E-state index in [1.54, 1.807) is 30.3 Å². The molecule has 0 aliphatic carbocycles. The number of amides is 1. The fourth-order valence-electron chi connectivity index (χ4n) is 0.733. The highest BCUT2D eigenvalue weighted by molar-refractivity contribution is 5.94. The zero-order valence-corrected chi connectivity index (χ0v) is 6.24. The van der Waals surface area contributed by atoms with E-state index in [0.29, 0.717) is 5.56 Å². The van der Waals surface area contributed by atoms with Gasteiger partial charge >= 0.3 is 0 Å². The van der Waals surface area contributed by atoms with E-state index < -0.39 is 0 Å². The molecule has 12 heavy (non-hydrogen) atoms. The zero-order chi connectivity index (χ0) is 8.81. The van der Waals surface area contributed by atoms with Gasteiger partial charge in [0.15, 0.2) is 0 Å². The molecule has 0 bridgehead atoms. The van der Waals surface area contributed by atoms with Crippen LogP contribution in [0.3, 0.4) is 0 Å². The summed E-state index contributed by atoms with van der Waals surface area (Å²) in [5.74, 6) is -0.338. The van der Waals surface area contributed by atoms with Crippen molar-refractivity contribution in [1.29, 1.82) is 5.41 Å². The molecule has 4 nitrogen and oxygen atoms in total. The molecule has 1 amide bonds. The molecule has 1 rings (SSSR count). The lowest BCUT2D eigenvalue weighted by Crippen LogP contribution is -2.16. The average molecular weight is 161 g/mol. The molecule has 1 aromatic carbocycles. The van der Waals surface area contributed by atoms with Gasteiger partial charge in [-0.2, -0.15) is 0 Å². The van der Waals surface area contributed by atoms with Gasteiger partial charge in [-0.05, 0) is 12.1 Å². The highest BCUT2D eigenvalue weighted by Crippen LogP contribution is 1.96. The number of nitrogens with one attached hydrogen (secondary N) is 2. The lowest BCUT2D eigenvalue weighted by molar-refractivity contribution is 0.0955. The van der Waals surface area contributed by atoms with Crippen LogP contribution in [0.1, 0.15) is 10.4 Å². The minimum absolute atomic E-state index is 0.338. The third-order valence-corrected chi connectivity index (χ3v) is 1.25. The zero-order valence-electron chi connectivity index (χ0n) is 6.24. The Bertz CT molecular complexity index is 314. The van der Waals surface area contributed by atoms with E-state index in [0.717, 1.165) is 0 Å². The van der Waals surface area contributed by atoms with E-state index in [4.69, 9.17) is 5.41 Å². The lowest BCUT2D eigenvalue weighted by atomic mass is 10.2. The van der Waals surface area contributed by atoms with Crippen molar-refractivity contribution >= 4 is 11.9 Å². The van der Waals surface area contributed by atoms with Crippen LogP contribution in [0.5, 0.6) is 0 Å². The number of hydrogen-bond donors (Lipinski definition) is 2. The highest BCUT2D eigenvalue weighted by Gasteiger charge is 2.00. The van der Waals surface area contributed by atoms with Gasteiger partial charge in [0.05, 0.1) is 0 Å². The van der Waals surface area contributed by atoms with E-state index in [1.165, 1.54) is 0 Å². The topological polar surface area (TPSA) is 65.3 Å². The van der Waals surface area contributed by atoms with Crippen LogP contribution in [0.25, 0.3) is 0 Å². The summed E-state index contributed by atoms with van der Waals surface area (Å²) in [7, 11) is 0. The first kappa shape index (κ1) is 8.17. The van der Waals surface area contributed by atoms with Gasteiger partial charge in [-0.3, -0.25) is 4.79 Å². The Labute approximate surface area is 69.4 Å². The van der Waals surface area contributed by atoms with Gasteiger partial charge in [0.1, 0.15) is 6.01 Å². The van der Waals surface area contributed by atoms with Gasteiger partial charge in [0.2, 0.25) is 0 Å². The first-order valence-electron chi connectivity index (χ1n) is 3.31. The van der Waals surface area contributed by atoms with Crippen LogP contribution in [0.2, 0.25) is 0 Å². The van der Waals surface area contributed by atoms with Crippen LogP contribution >= 0.6 is 0 Å². The molecular formula is C8H7N3O. The van der Waals surface area contributed by atoms with Crippen LogP contribution < -0.4 is 5.43 Å². The molecule has 2 N–H and O–H groups in total. The van der Waals surface area contributed by atoms with Gasteiger partial charge in [0.25, 0.3) is 5.91 Å². The van der Waals surface area contributed by atoms with Crippen LogP contribution in [0.15, 0.2) is 35.4 Å². The Hall–Kier alpha value is -1.93. The van der Waals surface area contributed by atoms with Gasteiger partial charge in [-0.1, -0.05) is 18.2 Å². The molecule has 0 aliphatic heterocycles. The summed E-state index contributed by atoms with van der Waals surface area (Å²) in [5.41, 5.74) is 2.65. The van der Waals surface area contributed by atoms with Gasteiger partial charge in [0, 0.05) is 5.56 Å². The van der Waals surface area contributed by atoms with Crippen molar-refractivity contribution in [2.24, 2.45) is 5.10 Å². The predicted octanol–water partition coefficient (Wildman–Crippen LogP) is 1.08. The summed E-state index contributed by atoms with van der Waals surface area (Å²) in [6.45, 7) is 0. The fraction of sp³-hybridized carbons (Fsp3) is 0. The SMILES string of the molecule is N=C=NNC(=O)c1ccccc1. The maximum atomic E-state index is 11.1. The minimum atomic E-state index is -0.338. The molecule has 0 aromatic heterocycles. The van der Waals surface area contributed by atoms with Crippen molar-refractivity contribution in [2.45, 2.75) is 0 Å². The van der Waals surface area contributed by atoms with E-state index in [1.807, 2.05) is 6.07 Å². The van der Waals surface area contributed by atoms with Crippen molar-refractivity contribution < 1.29 is 4.79 Å². The van der Waals surface area contributed by atoms with Gasteiger partial charge in [-0.25, -0.2) is 10.8 Å². The molecule has 1 aromatic rings. The molecule has 0 radical (unpaired) electrons. The minimum Gasteiger partial charge on any atom is -0.267 e. The molecule has 0 saturated carbocycles. The Morgan fingerprint density at radius 2 is 2.08 bits per heavy atom. The van der Waals surface area contributed by atoms with E-state index in [-0.39, 0.29) is 5.91 Å². The Morgan fingerprint density at radius 1 is 1.42 bits per heavy atom. The average Bonchev–Trinajstić information content (AvgIpc) is 2.15. The Kier molecular flexibility index (Phi) is 2.76. The molecule has 0 saturated heterocycles.